The third-order valence-electron chi connectivity index (χ3n) is 3.03. The molecule has 0 aliphatic heterocycles. The number of hydrogen-bond donors (Lipinski definition) is 2. The maximum Gasteiger partial charge on any atom is 0.238 e. The Labute approximate surface area is 124 Å². The number of thiophene rings is 1. The van der Waals surface area contributed by atoms with Gasteiger partial charge in [-0.25, -0.2) is 0 Å². The molecule has 1 aromatic heterocycles. The Hall–Kier alpha value is -1.65. The Bertz CT molecular complexity index is 551. The number of hydrogen-bond acceptors (Lipinski definition) is 3. The fourth-order valence-corrected chi connectivity index (χ4v) is 2.71. The van der Waals surface area contributed by atoms with Crippen LogP contribution in [0.1, 0.15) is 18.1 Å². The van der Waals surface area contributed by atoms with Gasteiger partial charge in [0.05, 0.1) is 6.54 Å². The summed E-state index contributed by atoms with van der Waals surface area (Å²) in [5.41, 5.74) is 3.30. The van der Waals surface area contributed by atoms with Gasteiger partial charge in [-0.2, -0.15) is 11.3 Å². The number of carbonyl (C=O) groups is 1. The van der Waals surface area contributed by atoms with Gasteiger partial charge in [-0.15, -0.1) is 0 Å². The van der Waals surface area contributed by atoms with Gasteiger partial charge in [-0.3, -0.25) is 4.79 Å². The van der Waals surface area contributed by atoms with E-state index in [-0.39, 0.29) is 11.9 Å². The third-order valence-corrected chi connectivity index (χ3v) is 3.77. The Morgan fingerprint density at radius 2 is 2.20 bits per heavy atom. The van der Waals surface area contributed by atoms with Crippen LogP contribution in [0.25, 0.3) is 0 Å². The molecule has 0 radical (unpaired) electrons. The SMILES string of the molecule is Cc1cccc(NC(=O)CNC(C)Cc2ccsc2)c1. The summed E-state index contributed by atoms with van der Waals surface area (Å²) < 4.78 is 0. The van der Waals surface area contributed by atoms with E-state index >= 15 is 0 Å². The van der Waals surface area contributed by atoms with E-state index in [1.54, 1.807) is 11.3 Å². The molecule has 0 aliphatic rings. The Morgan fingerprint density at radius 3 is 2.90 bits per heavy atom. The summed E-state index contributed by atoms with van der Waals surface area (Å²) in [6, 6.07) is 10.2. The van der Waals surface area contributed by atoms with Gasteiger partial charge in [0.25, 0.3) is 0 Å². The molecule has 3 nitrogen and oxygen atoms in total. The van der Waals surface area contributed by atoms with Gasteiger partial charge in [-0.1, -0.05) is 12.1 Å². The zero-order valence-corrected chi connectivity index (χ0v) is 12.7. The van der Waals surface area contributed by atoms with Crippen molar-refractivity contribution in [1.29, 1.82) is 0 Å². The van der Waals surface area contributed by atoms with Gasteiger partial charge < -0.3 is 10.6 Å². The molecule has 2 rings (SSSR count). The predicted molar refractivity (Wildman–Crippen MR) is 85.3 cm³/mol. The first kappa shape index (κ1) is 14.8. The lowest BCUT2D eigenvalue weighted by molar-refractivity contribution is -0.115. The van der Waals surface area contributed by atoms with Crippen molar-refractivity contribution < 1.29 is 4.79 Å². The van der Waals surface area contributed by atoms with Crippen LogP contribution in [-0.2, 0) is 11.2 Å². The van der Waals surface area contributed by atoms with Crippen molar-refractivity contribution in [3.63, 3.8) is 0 Å². The number of nitrogens with one attached hydrogen (secondary N) is 2. The van der Waals surface area contributed by atoms with Crippen molar-refractivity contribution in [2.45, 2.75) is 26.3 Å². The van der Waals surface area contributed by atoms with Crippen LogP contribution < -0.4 is 10.6 Å². The van der Waals surface area contributed by atoms with Crippen molar-refractivity contribution >= 4 is 22.9 Å². The zero-order valence-electron chi connectivity index (χ0n) is 11.8. The first-order valence-corrected chi connectivity index (χ1v) is 7.69. The molecule has 1 unspecified atom stereocenters. The first-order chi connectivity index (χ1) is 9.63. The summed E-state index contributed by atoms with van der Waals surface area (Å²) in [7, 11) is 0. The van der Waals surface area contributed by atoms with Crippen LogP contribution in [0.4, 0.5) is 5.69 Å². The molecule has 0 saturated heterocycles. The number of carbonyl (C=O) groups excluding carboxylic acids is 1. The summed E-state index contributed by atoms with van der Waals surface area (Å²) in [6.07, 6.45) is 0.946. The van der Waals surface area contributed by atoms with Crippen molar-refractivity contribution in [2.75, 3.05) is 11.9 Å². The molecule has 2 N–H and O–H groups in total. The smallest absolute Gasteiger partial charge is 0.238 e. The molecule has 20 heavy (non-hydrogen) atoms. The van der Waals surface area contributed by atoms with E-state index in [0.29, 0.717) is 6.54 Å². The molecule has 1 aromatic carbocycles. The lowest BCUT2D eigenvalue weighted by Gasteiger charge is -2.13. The van der Waals surface area contributed by atoms with Crippen LogP contribution in [0.5, 0.6) is 0 Å². The number of benzene rings is 1. The molecule has 0 saturated carbocycles. The van der Waals surface area contributed by atoms with E-state index < -0.39 is 0 Å². The van der Waals surface area contributed by atoms with Gasteiger partial charge in [-0.05, 0) is 60.4 Å². The molecule has 2 aromatic rings. The maximum atomic E-state index is 11.9. The highest BCUT2D eigenvalue weighted by Gasteiger charge is 2.07. The third kappa shape index (κ3) is 4.79. The highest BCUT2D eigenvalue weighted by atomic mass is 32.1. The van der Waals surface area contributed by atoms with E-state index in [9.17, 15) is 4.79 Å². The molecule has 106 valence electrons. The predicted octanol–water partition coefficient (Wildman–Crippen LogP) is 3.22. The fraction of sp³-hybridized carbons (Fsp3) is 0.312. The second-order valence-electron chi connectivity index (χ2n) is 5.04. The number of anilines is 1. The van der Waals surface area contributed by atoms with Gasteiger partial charge >= 0.3 is 0 Å². The van der Waals surface area contributed by atoms with Crippen LogP contribution in [-0.4, -0.2) is 18.5 Å². The Kier molecular flexibility index (Phi) is 5.32. The number of aryl methyl sites for hydroxylation is 1. The average Bonchev–Trinajstić information content (AvgIpc) is 2.89. The molecule has 0 aliphatic carbocycles. The molecule has 1 amide bonds. The summed E-state index contributed by atoms with van der Waals surface area (Å²) in [5, 5.41) is 10.4. The van der Waals surface area contributed by atoms with Crippen molar-refractivity contribution in [3.8, 4) is 0 Å². The zero-order chi connectivity index (χ0) is 14.4. The van der Waals surface area contributed by atoms with Gasteiger partial charge in [0.15, 0.2) is 0 Å². The largest absolute Gasteiger partial charge is 0.325 e. The van der Waals surface area contributed by atoms with Crippen LogP contribution in [0.3, 0.4) is 0 Å². The first-order valence-electron chi connectivity index (χ1n) is 6.74. The van der Waals surface area contributed by atoms with E-state index in [1.807, 2.05) is 31.2 Å². The summed E-state index contributed by atoms with van der Waals surface area (Å²) in [6.45, 7) is 4.44. The highest BCUT2D eigenvalue weighted by molar-refractivity contribution is 7.07. The Morgan fingerprint density at radius 1 is 1.35 bits per heavy atom. The molecular weight excluding hydrogens is 268 g/mol. The minimum absolute atomic E-state index is 0.00670. The van der Waals surface area contributed by atoms with E-state index in [2.05, 4.69) is 34.4 Å². The Balaban J connectivity index is 1.74. The van der Waals surface area contributed by atoms with Gasteiger partial charge in [0, 0.05) is 11.7 Å². The van der Waals surface area contributed by atoms with Crippen LogP contribution in [0.15, 0.2) is 41.1 Å². The molecule has 0 bridgehead atoms. The van der Waals surface area contributed by atoms with Crippen LogP contribution >= 0.6 is 11.3 Å². The molecule has 0 spiro atoms. The topological polar surface area (TPSA) is 41.1 Å². The minimum Gasteiger partial charge on any atom is -0.325 e. The highest BCUT2D eigenvalue weighted by Crippen LogP contribution is 2.10. The number of amides is 1. The number of rotatable bonds is 6. The molecule has 1 atom stereocenters. The second kappa shape index (κ2) is 7.22. The maximum absolute atomic E-state index is 11.9. The van der Waals surface area contributed by atoms with Crippen molar-refractivity contribution in [2.24, 2.45) is 0 Å². The fourth-order valence-electron chi connectivity index (χ4n) is 2.03. The van der Waals surface area contributed by atoms with Gasteiger partial charge in [0.1, 0.15) is 0 Å². The molecular formula is C16H20N2OS. The molecule has 4 heteroatoms. The summed E-state index contributed by atoms with van der Waals surface area (Å²) >= 11 is 1.70. The molecule has 0 fully saturated rings. The molecule has 1 heterocycles. The van der Waals surface area contributed by atoms with Crippen LogP contribution in [0.2, 0.25) is 0 Å². The van der Waals surface area contributed by atoms with Crippen LogP contribution in [0, 0.1) is 6.92 Å². The van der Waals surface area contributed by atoms with Crippen molar-refractivity contribution in [1.82, 2.24) is 5.32 Å². The monoisotopic (exact) mass is 288 g/mol. The van der Waals surface area contributed by atoms with E-state index in [4.69, 9.17) is 0 Å². The lowest BCUT2D eigenvalue weighted by atomic mass is 10.1. The van der Waals surface area contributed by atoms with E-state index in [1.165, 1.54) is 5.56 Å². The summed E-state index contributed by atoms with van der Waals surface area (Å²) in [5.74, 6) is -0.00670. The normalized spacial score (nSPS) is 12.1. The minimum atomic E-state index is -0.00670. The second-order valence-corrected chi connectivity index (χ2v) is 5.82. The van der Waals surface area contributed by atoms with E-state index in [0.717, 1.165) is 17.7 Å². The quantitative estimate of drug-likeness (QED) is 0.857. The standard InChI is InChI=1S/C16H20N2OS/c1-12-4-3-5-15(8-12)18-16(19)10-17-13(2)9-14-6-7-20-11-14/h3-8,11,13,17H,9-10H2,1-2H3,(H,18,19). The van der Waals surface area contributed by atoms with Crippen molar-refractivity contribution in [3.05, 3.63) is 52.2 Å². The average molecular weight is 288 g/mol. The lowest BCUT2D eigenvalue weighted by Crippen LogP contribution is -2.35. The summed E-state index contributed by atoms with van der Waals surface area (Å²) in [4.78, 5) is 11.9. The van der Waals surface area contributed by atoms with Gasteiger partial charge in [0.2, 0.25) is 5.91 Å².